The molecule has 2 aromatic carbocycles. The molecule has 0 heterocycles. The lowest BCUT2D eigenvalue weighted by Crippen LogP contribution is -2.54. The van der Waals surface area contributed by atoms with E-state index in [0.29, 0.717) is 0 Å². The molecule has 1 atom stereocenters. The van der Waals surface area contributed by atoms with Gasteiger partial charge < -0.3 is 9.84 Å². The highest BCUT2D eigenvalue weighted by molar-refractivity contribution is 5.66. The summed E-state index contributed by atoms with van der Waals surface area (Å²) in [6.45, 7) is 3.68. The lowest BCUT2D eigenvalue weighted by atomic mass is 9.93. The van der Waals surface area contributed by atoms with E-state index in [4.69, 9.17) is 4.74 Å². The summed E-state index contributed by atoms with van der Waals surface area (Å²) >= 11 is 0. The van der Waals surface area contributed by atoms with Crippen LogP contribution in [0, 0.1) is 0 Å². The van der Waals surface area contributed by atoms with Crippen LogP contribution in [0.3, 0.4) is 0 Å². The summed E-state index contributed by atoms with van der Waals surface area (Å²) in [5.41, 5.74) is 6.74. The van der Waals surface area contributed by atoms with Gasteiger partial charge in [-0.1, -0.05) is 67.1 Å². The average molecular weight is 370 g/mol. The van der Waals surface area contributed by atoms with Crippen LogP contribution >= 0.6 is 0 Å². The minimum Gasteiger partial charge on any atom is -0.444 e. The Morgan fingerprint density at radius 3 is 2.19 bits per heavy atom. The van der Waals surface area contributed by atoms with Crippen molar-refractivity contribution >= 4 is 6.09 Å². The summed E-state index contributed by atoms with van der Waals surface area (Å²) in [6.07, 6.45) is 3.16. The minimum absolute atomic E-state index is 0.207. The first-order chi connectivity index (χ1) is 12.9. The molecule has 5 heteroatoms. The van der Waals surface area contributed by atoms with Crippen LogP contribution in [0.1, 0.15) is 44.2 Å². The van der Waals surface area contributed by atoms with Gasteiger partial charge in [-0.05, 0) is 44.2 Å². The third-order valence-electron chi connectivity index (χ3n) is 4.47. The molecule has 0 saturated carbocycles. The Balaban J connectivity index is 1.71. The number of hydrogen-bond acceptors (Lipinski definition) is 4. The first kappa shape index (κ1) is 20.9. The van der Waals surface area contributed by atoms with Crippen LogP contribution < -0.4 is 10.9 Å². The molecule has 5 nitrogen and oxygen atoms in total. The summed E-state index contributed by atoms with van der Waals surface area (Å²) in [5, 5.41) is 10.4. The Bertz CT molecular complexity index is 669. The van der Waals surface area contributed by atoms with Crippen LogP contribution in [0.15, 0.2) is 60.7 Å². The molecule has 146 valence electrons. The number of carbonyl (C=O) groups excluding carboxylic acids is 1. The Kier molecular flexibility index (Phi) is 8.30. The molecule has 0 fully saturated rings. The van der Waals surface area contributed by atoms with Gasteiger partial charge in [-0.25, -0.2) is 10.2 Å². The van der Waals surface area contributed by atoms with E-state index >= 15 is 0 Å². The van der Waals surface area contributed by atoms with E-state index in [1.165, 1.54) is 5.56 Å². The number of carbonyl (C=O) groups is 1. The minimum atomic E-state index is -0.959. The van der Waals surface area contributed by atoms with Gasteiger partial charge >= 0.3 is 6.09 Å². The van der Waals surface area contributed by atoms with Gasteiger partial charge in [0.05, 0.1) is 11.6 Å². The molecule has 0 spiro atoms. The fourth-order valence-electron chi connectivity index (χ4n) is 2.83. The maximum Gasteiger partial charge on any atom is 0.421 e. The SMILES string of the molecule is CC(C)(O)C(CCCCc1ccccc1)NNC(=O)OCc1ccccc1. The number of aryl methyl sites for hydroxylation is 1. The van der Waals surface area contributed by atoms with Crippen molar-refractivity contribution < 1.29 is 14.6 Å². The van der Waals surface area contributed by atoms with Crippen LogP contribution in [0.4, 0.5) is 4.79 Å². The normalized spacial score (nSPS) is 12.4. The number of nitrogens with one attached hydrogen (secondary N) is 2. The maximum absolute atomic E-state index is 11.9. The molecule has 1 amide bonds. The van der Waals surface area contributed by atoms with Crippen molar-refractivity contribution in [1.29, 1.82) is 0 Å². The van der Waals surface area contributed by atoms with E-state index in [1.807, 2.05) is 48.5 Å². The third kappa shape index (κ3) is 8.24. The molecule has 0 aromatic heterocycles. The number of ether oxygens (including phenoxy) is 1. The molecular weight excluding hydrogens is 340 g/mol. The first-order valence-corrected chi connectivity index (χ1v) is 9.43. The van der Waals surface area contributed by atoms with Crippen LogP contribution in [0.2, 0.25) is 0 Å². The van der Waals surface area contributed by atoms with Crippen molar-refractivity contribution in [3.8, 4) is 0 Å². The van der Waals surface area contributed by atoms with Crippen LogP contribution in [0.25, 0.3) is 0 Å². The zero-order chi connectivity index (χ0) is 19.5. The zero-order valence-electron chi connectivity index (χ0n) is 16.2. The van der Waals surface area contributed by atoms with Gasteiger partial charge in [-0.15, -0.1) is 0 Å². The van der Waals surface area contributed by atoms with Crippen LogP contribution in [-0.4, -0.2) is 22.8 Å². The highest BCUT2D eigenvalue weighted by Crippen LogP contribution is 2.16. The zero-order valence-corrected chi connectivity index (χ0v) is 16.2. The fraction of sp³-hybridized carbons (Fsp3) is 0.409. The molecule has 0 aliphatic carbocycles. The molecule has 0 aliphatic rings. The predicted octanol–water partition coefficient (Wildman–Crippen LogP) is 3.97. The molecular formula is C22H30N2O3. The number of unbranched alkanes of at least 4 members (excludes halogenated alkanes) is 1. The first-order valence-electron chi connectivity index (χ1n) is 9.43. The van der Waals surface area contributed by atoms with E-state index in [0.717, 1.165) is 31.2 Å². The van der Waals surface area contributed by atoms with Gasteiger partial charge in [0.25, 0.3) is 0 Å². The average Bonchev–Trinajstić information content (AvgIpc) is 2.66. The predicted molar refractivity (Wildman–Crippen MR) is 107 cm³/mol. The van der Waals surface area contributed by atoms with Crippen LogP contribution in [-0.2, 0) is 17.8 Å². The van der Waals surface area contributed by atoms with Crippen molar-refractivity contribution in [2.45, 2.75) is 57.8 Å². The molecule has 2 aromatic rings. The molecule has 1 unspecified atom stereocenters. The third-order valence-corrected chi connectivity index (χ3v) is 4.47. The van der Waals surface area contributed by atoms with Gasteiger partial charge in [-0.2, -0.15) is 0 Å². The fourth-order valence-corrected chi connectivity index (χ4v) is 2.83. The van der Waals surface area contributed by atoms with Crippen molar-refractivity contribution in [2.24, 2.45) is 0 Å². The monoisotopic (exact) mass is 370 g/mol. The quantitative estimate of drug-likeness (QED) is 0.437. The molecule has 0 radical (unpaired) electrons. The highest BCUT2D eigenvalue weighted by Gasteiger charge is 2.26. The topological polar surface area (TPSA) is 70.6 Å². The second-order valence-corrected chi connectivity index (χ2v) is 7.27. The Labute approximate surface area is 161 Å². The van der Waals surface area contributed by atoms with Gasteiger partial charge in [0.1, 0.15) is 6.61 Å². The summed E-state index contributed by atoms with van der Waals surface area (Å²) in [6, 6.07) is 19.6. The highest BCUT2D eigenvalue weighted by atomic mass is 16.6. The second kappa shape index (κ2) is 10.7. The van der Waals surface area contributed by atoms with Crippen molar-refractivity contribution in [3.63, 3.8) is 0 Å². The lowest BCUT2D eigenvalue weighted by Gasteiger charge is -2.30. The van der Waals surface area contributed by atoms with Crippen molar-refractivity contribution in [2.75, 3.05) is 0 Å². The van der Waals surface area contributed by atoms with Gasteiger partial charge in [0.15, 0.2) is 0 Å². The van der Waals surface area contributed by atoms with E-state index in [-0.39, 0.29) is 12.6 Å². The summed E-state index contributed by atoms with van der Waals surface area (Å²) in [5.74, 6) is 0. The Hall–Kier alpha value is -2.37. The van der Waals surface area contributed by atoms with E-state index in [1.54, 1.807) is 13.8 Å². The summed E-state index contributed by atoms with van der Waals surface area (Å²) in [7, 11) is 0. The van der Waals surface area contributed by atoms with Gasteiger partial charge in [0, 0.05) is 0 Å². The number of benzene rings is 2. The number of aliphatic hydroxyl groups is 1. The largest absolute Gasteiger partial charge is 0.444 e. The molecule has 2 rings (SSSR count). The summed E-state index contributed by atoms with van der Waals surface area (Å²) < 4.78 is 5.18. The number of amides is 1. The number of hydrogen-bond donors (Lipinski definition) is 3. The van der Waals surface area contributed by atoms with Crippen LogP contribution in [0.5, 0.6) is 0 Å². The lowest BCUT2D eigenvalue weighted by molar-refractivity contribution is 0.0266. The van der Waals surface area contributed by atoms with Gasteiger partial charge in [0.2, 0.25) is 0 Å². The van der Waals surface area contributed by atoms with Crippen molar-refractivity contribution in [1.82, 2.24) is 10.9 Å². The smallest absolute Gasteiger partial charge is 0.421 e. The molecule has 27 heavy (non-hydrogen) atoms. The molecule has 0 aliphatic heterocycles. The molecule has 3 N–H and O–H groups in total. The van der Waals surface area contributed by atoms with E-state index < -0.39 is 11.7 Å². The van der Waals surface area contributed by atoms with Gasteiger partial charge in [-0.3, -0.25) is 5.43 Å². The molecule has 0 bridgehead atoms. The number of rotatable bonds is 10. The molecule has 0 saturated heterocycles. The van der Waals surface area contributed by atoms with Crippen molar-refractivity contribution in [3.05, 3.63) is 71.8 Å². The number of hydrazine groups is 1. The van der Waals surface area contributed by atoms with E-state index in [9.17, 15) is 9.90 Å². The second-order valence-electron chi connectivity index (χ2n) is 7.27. The van der Waals surface area contributed by atoms with E-state index in [2.05, 4.69) is 23.0 Å². The standard InChI is InChI=1S/C22H30N2O3/c1-22(2,26)20(16-10-9-13-18-11-5-3-6-12-18)23-24-21(25)27-17-19-14-7-4-8-15-19/h3-8,11-12,14-15,20,23,26H,9-10,13,16-17H2,1-2H3,(H,24,25). The Morgan fingerprint density at radius 1 is 1.00 bits per heavy atom. The Morgan fingerprint density at radius 2 is 1.59 bits per heavy atom. The summed E-state index contributed by atoms with van der Waals surface area (Å²) in [4.78, 5) is 11.9. The maximum atomic E-state index is 11.9.